The molecule has 0 radical (unpaired) electrons. The monoisotopic (exact) mass is 361 g/mol. The lowest BCUT2D eigenvalue weighted by Gasteiger charge is -2.18. The number of carbonyl (C=O) groups excluding carboxylic acids is 1. The highest BCUT2D eigenvalue weighted by Crippen LogP contribution is 2.35. The van der Waals surface area contributed by atoms with Crippen LogP contribution in [0.15, 0.2) is 16.6 Å². The Hall–Kier alpha value is -1.31. The summed E-state index contributed by atoms with van der Waals surface area (Å²) in [7, 11) is 3.13. The van der Waals surface area contributed by atoms with E-state index in [0.29, 0.717) is 18.1 Å². The first-order valence-electron chi connectivity index (χ1n) is 6.43. The number of rotatable bonds is 8. The van der Waals surface area contributed by atoms with Gasteiger partial charge >= 0.3 is 5.97 Å². The standard InChI is InChI=1S/C14H20BrNO5/c1-4-21-13(17)8-20-7-11(16)14-10(15)5-9(18-2)6-12(14)19-3/h5-6,11H,4,7-8,16H2,1-3H3. The minimum Gasteiger partial charge on any atom is -0.497 e. The molecule has 0 amide bonds. The van der Waals surface area contributed by atoms with E-state index in [4.69, 9.17) is 24.7 Å². The van der Waals surface area contributed by atoms with Crippen LogP contribution in [0.5, 0.6) is 11.5 Å². The topological polar surface area (TPSA) is 80.0 Å². The van der Waals surface area contributed by atoms with Crippen LogP contribution in [0.3, 0.4) is 0 Å². The number of ether oxygens (including phenoxy) is 4. The van der Waals surface area contributed by atoms with Crippen molar-refractivity contribution in [2.45, 2.75) is 13.0 Å². The summed E-state index contributed by atoms with van der Waals surface area (Å²) in [5.74, 6) is 0.834. The molecule has 21 heavy (non-hydrogen) atoms. The smallest absolute Gasteiger partial charge is 0.332 e. The number of nitrogens with two attached hydrogens (primary N) is 1. The summed E-state index contributed by atoms with van der Waals surface area (Å²) < 4.78 is 21.3. The molecule has 0 saturated heterocycles. The molecule has 2 N–H and O–H groups in total. The second kappa shape index (κ2) is 8.86. The molecule has 0 spiro atoms. The summed E-state index contributed by atoms with van der Waals surface area (Å²) >= 11 is 3.44. The number of benzene rings is 1. The van der Waals surface area contributed by atoms with Crippen molar-refractivity contribution in [3.63, 3.8) is 0 Å². The van der Waals surface area contributed by atoms with Crippen LogP contribution in [0.2, 0.25) is 0 Å². The van der Waals surface area contributed by atoms with Crippen LogP contribution in [-0.2, 0) is 14.3 Å². The third-order valence-electron chi connectivity index (χ3n) is 2.71. The van der Waals surface area contributed by atoms with E-state index in [9.17, 15) is 4.79 Å². The molecule has 0 aliphatic carbocycles. The Morgan fingerprint density at radius 2 is 2.05 bits per heavy atom. The van der Waals surface area contributed by atoms with Crippen LogP contribution in [-0.4, -0.2) is 40.0 Å². The Kier molecular flexibility index (Phi) is 7.49. The van der Waals surface area contributed by atoms with Crippen molar-refractivity contribution in [3.8, 4) is 11.5 Å². The van der Waals surface area contributed by atoms with Gasteiger partial charge in [-0.2, -0.15) is 0 Å². The van der Waals surface area contributed by atoms with Gasteiger partial charge in [-0.15, -0.1) is 0 Å². The molecule has 0 aliphatic rings. The van der Waals surface area contributed by atoms with Gasteiger partial charge in [0.25, 0.3) is 0 Å². The number of carbonyl (C=O) groups is 1. The van der Waals surface area contributed by atoms with Crippen molar-refractivity contribution >= 4 is 21.9 Å². The number of methoxy groups -OCH3 is 2. The summed E-state index contributed by atoms with van der Waals surface area (Å²) in [5, 5.41) is 0. The van der Waals surface area contributed by atoms with E-state index < -0.39 is 12.0 Å². The van der Waals surface area contributed by atoms with Crippen molar-refractivity contribution in [3.05, 3.63) is 22.2 Å². The maximum Gasteiger partial charge on any atom is 0.332 e. The molecule has 0 fully saturated rings. The molecule has 0 bridgehead atoms. The van der Waals surface area contributed by atoms with Crippen LogP contribution >= 0.6 is 15.9 Å². The van der Waals surface area contributed by atoms with Crippen LogP contribution < -0.4 is 15.2 Å². The molecule has 0 heterocycles. The van der Waals surface area contributed by atoms with Gasteiger partial charge in [-0.1, -0.05) is 15.9 Å². The van der Waals surface area contributed by atoms with Crippen molar-refractivity contribution in [2.24, 2.45) is 5.73 Å². The van der Waals surface area contributed by atoms with E-state index in [2.05, 4.69) is 15.9 Å². The first-order valence-corrected chi connectivity index (χ1v) is 7.23. The first-order chi connectivity index (χ1) is 10.0. The molecule has 1 atom stereocenters. The van der Waals surface area contributed by atoms with Gasteiger partial charge in [0, 0.05) is 16.1 Å². The molecule has 1 aromatic carbocycles. The van der Waals surface area contributed by atoms with E-state index >= 15 is 0 Å². The second-order valence-electron chi connectivity index (χ2n) is 4.15. The minimum absolute atomic E-state index is 0.127. The molecule has 118 valence electrons. The van der Waals surface area contributed by atoms with E-state index in [0.717, 1.165) is 10.0 Å². The Balaban J connectivity index is 2.73. The zero-order chi connectivity index (χ0) is 15.8. The fourth-order valence-corrected chi connectivity index (χ4v) is 2.49. The minimum atomic E-state index is -0.449. The molecule has 0 aromatic heterocycles. The summed E-state index contributed by atoms with van der Waals surface area (Å²) in [6, 6.07) is 3.09. The zero-order valence-electron chi connectivity index (χ0n) is 12.3. The molecule has 6 nitrogen and oxygen atoms in total. The highest BCUT2D eigenvalue weighted by atomic mass is 79.9. The SMILES string of the molecule is CCOC(=O)COCC(N)c1c(Br)cc(OC)cc1OC. The molecule has 0 aliphatic heterocycles. The highest BCUT2D eigenvalue weighted by molar-refractivity contribution is 9.10. The zero-order valence-corrected chi connectivity index (χ0v) is 13.9. The molecule has 0 saturated carbocycles. The third kappa shape index (κ3) is 5.18. The molecular weight excluding hydrogens is 342 g/mol. The van der Waals surface area contributed by atoms with E-state index in [1.165, 1.54) is 0 Å². The normalized spacial score (nSPS) is 11.9. The quantitative estimate of drug-likeness (QED) is 0.713. The average molecular weight is 362 g/mol. The molecular formula is C14H20BrNO5. The highest BCUT2D eigenvalue weighted by Gasteiger charge is 2.18. The largest absolute Gasteiger partial charge is 0.497 e. The molecule has 7 heteroatoms. The number of hydrogen-bond donors (Lipinski definition) is 1. The predicted molar refractivity (Wildman–Crippen MR) is 81.6 cm³/mol. The summed E-state index contributed by atoms with van der Waals surface area (Å²) in [4.78, 5) is 11.2. The van der Waals surface area contributed by atoms with Gasteiger partial charge in [-0.05, 0) is 13.0 Å². The maximum atomic E-state index is 11.2. The number of hydrogen-bond acceptors (Lipinski definition) is 6. The fourth-order valence-electron chi connectivity index (χ4n) is 1.77. The lowest BCUT2D eigenvalue weighted by molar-refractivity contribution is -0.148. The molecule has 1 rings (SSSR count). The second-order valence-corrected chi connectivity index (χ2v) is 5.01. The maximum absolute atomic E-state index is 11.2. The van der Waals surface area contributed by atoms with Crippen molar-refractivity contribution < 1.29 is 23.7 Å². The van der Waals surface area contributed by atoms with Gasteiger partial charge in [-0.3, -0.25) is 0 Å². The number of halogens is 1. The summed E-state index contributed by atoms with van der Waals surface area (Å²) in [6.45, 7) is 2.10. The van der Waals surface area contributed by atoms with Crippen molar-refractivity contribution in [1.82, 2.24) is 0 Å². The third-order valence-corrected chi connectivity index (χ3v) is 3.37. The summed E-state index contributed by atoms with van der Waals surface area (Å²) in [5.41, 5.74) is 6.85. The van der Waals surface area contributed by atoms with Gasteiger partial charge in [0.1, 0.15) is 18.1 Å². The Morgan fingerprint density at radius 1 is 1.33 bits per heavy atom. The fraction of sp³-hybridized carbons (Fsp3) is 0.500. The first kappa shape index (κ1) is 17.7. The van der Waals surface area contributed by atoms with E-state index in [1.54, 1.807) is 33.3 Å². The average Bonchev–Trinajstić information content (AvgIpc) is 2.46. The Bertz CT molecular complexity index is 481. The predicted octanol–water partition coefficient (Wildman–Crippen LogP) is 2.05. The van der Waals surface area contributed by atoms with Crippen LogP contribution in [0.25, 0.3) is 0 Å². The van der Waals surface area contributed by atoms with Gasteiger partial charge in [0.15, 0.2) is 0 Å². The van der Waals surface area contributed by atoms with Crippen molar-refractivity contribution in [1.29, 1.82) is 0 Å². The van der Waals surface area contributed by atoms with Gasteiger partial charge in [-0.25, -0.2) is 4.79 Å². The Labute approximate surface area is 132 Å². The molecule has 1 aromatic rings. The lowest BCUT2D eigenvalue weighted by Crippen LogP contribution is -2.21. The van der Waals surface area contributed by atoms with E-state index in [-0.39, 0.29) is 13.2 Å². The van der Waals surface area contributed by atoms with Crippen LogP contribution in [0, 0.1) is 0 Å². The lowest BCUT2D eigenvalue weighted by atomic mass is 10.1. The van der Waals surface area contributed by atoms with Gasteiger partial charge < -0.3 is 24.7 Å². The van der Waals surface area contributed by atoms with E-state index in [1.807, 2.05) is 0 Å². The van der Waals surface area contributed by atoms with Crippen LogP contribution in [0.4, 0.5) is 0 Å². The van der Waals surface area contributed by atoms with Crippen LogP contribution in [0.1, 0.15) is 18.5 Å². The molecule has 1 unspecified atom stereocenters. The summed E-state index contributed by atoms with van der Waals surface area (Å²) in [6.07, 6.45) is 0. The van der Waals surface area contributed by atoms with Gasteiger partial charge in [0.2, 0.25) is 0 Å². The van der Waals surface area contributed by atoms with Crippen molar-refractivity contribution in [2.75, 3.05) is 34.0 Å². The van der Waals surface area contributed by atoms with Gasteiger partial charge in [0.05, 0.1) is 33.5 Å². The Morgan fingerprint density at radius 3 is 2.62 bits per heavy atom. The number of esters is 1.